The first kappa shape index (κ1) is 30.2. The largest absolute Gasteiger partial charge is 0.491 e. The van der Waals surface area contributed by atoms with E-state index < -0.39 is 5.97 Å². The summed E-state index contributed by atoms with van der Waals surface area (Å²) in [6.45, 7) is 5.08. The van der Waals surface area contributed by atoms with E-state index in [2.05, 4.69) is 11.0 Å². The molecular formula is C33H41N3O5S. The van der Waals surface area contributed by atoms with Crippen molar-refractivity contribution in [1.82, 2.24) is 14.4 Å². The lowest BCUT2D eigenvalue weighted by Crippen LogP contribution is -2.35. The maximum Gasteiger partial charge on any atom is 0.335 e. The van der Waals surface area contributed by atoms with Crippen LogP contribution in [-0.2, 0) is 16.1 Å². The number of aromatic nitrogens is 1. The van der Waals surface area contributed by atoms with Gasteiger partial charge in [0.2, 0.25) is 5.91 Å². The first-order chi connectivity index (χ1) is 20.4. The molecule has 0 saturated carbocycles. The lowest BCUT2D eigenvalue weighted by Gasteiger charge is -2.25. The summed E-state index contributed by atoms with van der Waals surface area (Å²) < 4.78 is 13.8. The van der Waals surface area contributed by atoms with E-state index >= 15 is 0 Å². The van der Waals surface area contributed by atoms with Gasteiger partial charge < -0.3 is 24.0 Å². The Bertz CT molecular complexity index is 1420. The number of amides is 1. The summed E-state index contributed by atoms with van der Waals surface area (Å²) in [7, 11) is 3.48. The molecule has 42 heavy (non-hydrogen) atoms. The quantitative estimate of drug-likeness (QED) is 0.279. The van der Waals surface area contributed by atoms with Crippen LogP contribution in [0.3, 0.4) is 0 Å². The fourth-order valence-corrected chi connectivity index (χ4v) is 6.64. The molecule has 0 bridgehead atoms. The van der Waals surface area contributed by atoms with Crippen LogP contribution >= 0.6 is 11.8 Å². The van der Waals surface area contributed by atoms with Crippen LogP contribution in [0, 0.1) is 0 Å². The van der Waals surface area contributed by atoms with Crippen molar-refractivity contribution in [1.29, 1.82) is 0 Å². The number of hydrogen-bond donors (Lipinski definition) is 1. The summed E-state index contributed by atoms with van der Waals surface area (Å²) in [5.41, 5.74) is 5.18. The van der Waals surface area contributed by atoms with E-state index in [1.807, 2.05) is 46.7 Å². The summed E-state index contributed by atoms with van der Waals surface area (Å²) in [4.78, 5) is 28.9. The number of carboxylic acids is 1. The normalized spacial score (nSPS) is 15.9. The fourth-order valence-electron chi connectivity index (χ4n) is 5.66. The topological polar surface area (TPSA) is 84.2 Å². The van der Waals surface area contributed by atoms with Crippen molar-refractivity contribution in [2.24, 2.45) is 0 Å². The molecule has 1 amide bonds. The van der Waals surface area contributed by atoms with Gasteiger partial charge >= 0.3 is 5.97 Å². The predicted molar refractivity (Wildman–Crippen MR) is 170 cm³/mol. The first-order valence-electron chi connectivity index (χ1n) is 14.8. The zero-order valence-electron chi connectivity index (χ0n) is 24.6. The standard InChI is InChI=1S/C33H41N3O5S/c1-34(2)30(37)23-36-29-22-26(33(38)39)10-13-28(29)31(24-6-4-3-5-7-24)32(36)25-8-11-27(12-9-25)41-19-18-40-17-14-35-15-20-42-21-16-35/h6,8-13,22H,3-5,7,14-21,23H2,1-2H3,(H,38,39). The van der Waals surface area contributed by atoms with Crippen LogP contribution in [0.4, 0.5) is 0 Å². The van der Waals surface area contributed by atoms with Crippen molar-refractivity contribution in [3.05, 3.63) is 59.7 Å². The molecule has 2 aromatic carbocycles. The van der Waals surface area contributed by atoms with Crippen LogP contribution in [-0.4, -0.2) is 96.4 Å². The number of benzene rings is 2. The molecule has 5 rings (SSSR count). The van der Waals surface area contributed by atoms with Crippen molar-refractivity contribution in [3.63, 3.8) is 0 Å². The molecule has 0 spiro atoms. The molecule has 1 aliphatic carbocycles. The zero-order valence-corrected chi connectivity index (χ0v) is 25.5. The Morgan fingerprint density at radius 1 is 1.00 bits per heavy atom. The highest BCUT2D eigenvalue weighted by Gasteiger charge is 2.25. The van der Waals surface area contributed by atoms with Crippen molar-refractivity contribution < 1.29 is 24.2 Å². The molecule has 1 N–H and O–H groups in total. The van der Waals surface area contributed by atoms with Crippen LogP contribution in [0.1, 0.15) is 41.6 Å². The monoisotopic (exact) mass is 591 g/mol. The third-order valence-electron chi connectivity index (χ3n) is 8.00. The lowest BCUT2D eigenvalue weighted by atomic mass is 9.90. The lowest BCUT2D eigenvalue weighted by molar-refractivity contribution is -0.129. The minimum atomic E-state index is -0.986. The van der Waals surface area contributed by atoms with Gasteiger partial charge in [0.15, 0.2) is 0 Å². The Hall–Kier alpha value is -3.27. The van der Waals surface area contributed by atoms with Gasteiger partial charge in [-0.05, 0) is 73.2 Å². The second-order valence-corrected chi connectivity index (χ2v) is 12.3. The van der Waals surface area contributed by atoms with Crippen molar-refractivity contribution in [3.8, 4) is 17.0 Å². The number of allylic oxidation sites excluding steroid dienone is 2. The number of carbonyl (C=O) groups excluding carboxylic acids is 1. The van der Waals surface area contributed by atoms with Gasteiger partial charge in [-0.25, -0.2) is 4.79 Å². The first-order valence-corrected chi connectivity index (χ1v) is 16.0. The molecule has 1 aromatic heterocycles. The Kier molecular flexibility index (Phi) is 10.3. The summed E-state index contributed by atoms with van der Waals surface area (Å²) in [6.07, 6.45) is 6.52. The smallest absolute Gasteiger partial charge is 0.335 e. The third-order valence-corrected chi connectivity index (χ3v) is 8.94. The Labute approximate surface area is 252 Å². The fraction of sp³-hybridized carbons (Fsp3) is 0.455. The van der Waals surface area contributed by atoms with Gasteiger partial charge in [0, 0.05) is 56.2 Å². The van der Waals surface area contributed by atoms with E-state index in [-0.39, 0.29) is 18.0 Å². The second-order valence-electron chi connectivity index (χ2n) is 11.0. The average Bonchev–Trinajstić information content (AvgIpc) is 3.33. The molecule has 2 aliphatic rings. The summed E-state index contributed by atoms with van der Waals surface area (Å²) in [5, 5.41) is 10.7. The highest BCUT2D eigenvalue weighted by molar-refractivity contribution is 7.99. The van der Waals surface area contributed by atoms with Crippen LogP contribution in [0.5, 0.6) is 5.75 Å². The van der Waals surface area contributed by atoms with Crippen LogP contribution in [0.25, 0.3) is 27.7 Å². The van der Waals surface area contributed by atoms with Gasteiger partial charge in [-0.15, -0.1) is 0 Å². The summed E-state index contributed by atoms with van der Waals surface area (Å²) >= 11 is 2.01. The number of likely N-dealkylation sites (N-methyl/N-ethyl adjacent to an activating group) is 1. The summed E-state index contributed by atoms with van der Waals surface area (Å²) in [5.74, 6) is 2.12. The minimum Gasteiger partial charge on any atom is -0.491 e. The van der Waals surface area contributed by atoms with Gasteiger partial charge in [-0.1, -0.05) is 12.1 Å². The van der Waals surface area contributed by atoms with Crippen LogP contribution < -0.4 is 4.74 Å². The third kappa shape index (κ3) is 7.19. The zero-order chi connectivity index (χ0) is 29.5. The summed E-state index contributed by atoms with van der Waals surface area (Å²) in [6, 6.07) is 13.2. The highest BCUT2D eigenvalue weighted by atomic mass is 32.2. The van der Waals surface area contributed by atoms with Gasteiger partial charge in [-0.2, -0.15) is 11.8 Å². The van der Waals surface area contributed by atoms with Crippen molar-refractivity contribution in [2.45, 2.75) is 32.2 Å². The van der Waals surface area contributed by atoms with E-state index in [0.29, 0.717) is 19.8 Å². The van der Waals surface area contributed by atoms with Gasteiger partial charge in [0.1, 0.15) is 18.9 Å². The molecule has 0 unspecified atom stereocenters. The number of carboxylic acid groups (broad SMARTS) is 1. The highest BCUT2D eigenvalue weighted by Crippen LogP contribution is 2.42. The molecule has 3 aromatic rings. The molecular weight excluding hydrogens is 550 g/mol. The van der Waals surface area contributed by atoms with Crippen LogP contribution in [0.15, 0.2) is 48.5 Å². The maximum absolute atomic E-state index is 13.0. The number of hydrogen-bond acceptors (Lipinski definition) is 6. The Morgan fingerprint density at radius 2 is 1.79 bits per heavy atom. The maximum atomic E-state index is 13.0. The number of carbonyl (C=O) groups is 2. The van der Waals surface area contributed by atoms with Gasteiger partial charge in [0.05, 0.1) is 30.0 Å². The van der Waals surface area contributed by atoms with E-state index in [4.69, 9.17) is 9.47 Å². The van der Waals surface area contributed by atoms with E-state index in [1.165, 1.54) is 17.1 Å². The van der Waals surface area contributed by atoms with E-state index in [0.717, 1.165) is 78.8 Å². The molecule has 0 atom stereocenters. The molecule has 2 heterocycles. The minimum absolute atomic E-state index is 0.0582. The SMILES string of the molecule is CN(C)C(=O)Cn1c(-c2ccc(OCCOCCN3CCSCC3)cc2)c(C2=CCCCC2)c2ccc(C(=O)O)cc21. The molecule has 0 radical (unpaired) electrons. The molecule has 8 nitrogen and oxygen atoms in total. The Morgan fingerprint density at radius 3 is 2.48 bits per heavy atom. The van der Waals surface area contributed by atoms with E-state index in [9.17, 15) is 14.7 Å². The van der Waals surface area contributed by atoms with Gasteiger partial charge in [0.25, 0.3) is 0 Å². The molecule has 1 fully saturated rings. The number of aromatic carboxylic acids is 1. The predicted octanol–water partition coefficient (Wildman–Crippen LogP) is 5.50. The number of rotatable bonds is 12. The van der Waals surface area contributed by atoms with Gasteiger partial charge in [-0.3, -0.25) is 9.69 Å². The van der Waals surface area contributed by atoms with Crippen molar-refractivity contribution >= 4 is 40.1 Å². The molecule has 224 valence electrons. The number of ether oxygens (including phenoxy) is 2. The Balaban J connectivity index is 1.40. The number of fused-ring (bicyclic) bond motifs is 1. The molecule has 1 aliphatic heterocycles. The average molecular weight is 592 g/mol. The van der Waals surface area contributed by atoms with E-state index in [1.54, 1.807) is 31.1 Å². The molecule has 1 saturated heterocycles. The second kappa shape index (κ2) is 14.3. The van der Waals surface area contributed by atoms with Crippen molar-refractivity contribution in [2.75, 3.05) is 65.1 Å². The number of thioether (sulfide) groups is 1. The van der Waals surface area contributed by atoms with Crippen LogP contribution in [0.2, 0.25) is 0 Å². The number of nitrogens with zero attached hydrogens (tertiary/aromatic N) is 3. The molecule has 9 heteroatoms.